The van der Waals surface area contributed by atoms with Crippen LogP contribution in [0.1, 0.15) is 29.3 Å². The summed E-state index contributed by atoms with van der Waals surface area (Å²) in [4.78, 5) is 25.2. The number of piperidine rings is 1. The Morgan fingerprint density at radius 2 is 1.89 bits per heavy atom. The minimum absolute atomic E-state index is 0.00732. The van der Waals surface area contributed by atoms with E-state index >= 15 is 0 Å². The molecular weight excluding hydrogens is 450 g/mol. The van der Waals surface area contributed by atoms with E-state index < -0.39 is 0 Å². The number of amides is 1. The fourth-order valence-corrected chi connectivity index (χ4v) is 5.12. The number of anilines is 1. The Bertz CT molecular complexity index is 1550. The van der Waals surface area contributed by atoms with Gasteiger partial charge in [-0.25, -0.2) is 9.97 Å². The number of aromatic nitrogens is 5. The van der Waals surface area contributed by atoms with E-state index in [0.717, 1.165) is 47.1 Å². The zero-order valence-electron chi connectivity index (χ0n) is 20.3. The molecule has 5 aromatic rings. The molecule has 0 spiro atoms. The van der Waals surface area contributed by atoms with Crippen LogP contribution in [-0.4, -0.2) is 50.0 Å². The van der Waals surface area contributed by atoms with Gasteiger partial charge in [0.2, 0.25) is 0 Å². The maximum atomic E-state index is 14.2. The summed E-state index contributed by atoms with van der Waals surface area (Å²) in [5.41, 5.74) is 3.90. The third kappa shape index (κ3) is 3.79. The van der Waals surface area contributed by atoms with E-state index in [4.69, 9.17) is 4.98 Å². The number of nitrogens with zero attached hydrogens (tertiary/aromatic N) is 6. The Morgan fingerprint density at radius 1 is 1.03 bits per heavy atom. The van der Waals surface area contributed by atoms with Crippen LogP contribution < -0.4 is 10.2 Å². The molecule has 1 aliphatic heterocycles. The average Bonchev–Trinajstić information content (AvgIpc) is 3.34. The largest absolute Gasteiger partial charge is 0.315 e. The standard InChI is InChI=1S/C28H27N7O/c1-18-12-15-29-17-24(18)34(27-25-19(2)5-3-6-20(25)13-16-31-27)28(36)21-8-10-22(11-9-21)35-26-23(32-33-35)7-4-14-30-26/h3-11,13-14,16,18,24,29H,12,15,17H2,1-2H3/t18-,24-/m0/s1. The fourth-order valence-electron chi connectivity index (χ4n) is 5.12. The fraction of sp³-hybridized carbons (Fsp3) is 0.250. The quantitative estimate of drug-likeness (QED) is 0.415. The van der Waals surface area contributed by atoms with E-state index in [1.54, 1.807) is 17.1 Å². The zero-order valence-corrected chi connectivity index (χ0v) is 20.3. The number of aryl methyl sites for hydroxylation is 1. The van der Waals surface area contributed by atoms with Crippen molar-refractivity contribution in [2.24, 2.45) is 5.92 Å². The van der Waals surface area contributed by atoms with Gasteiger partial charge < -0.3 is 5.32 Å². The third-order valence-electron chi connectivity index (χ3n) is 7.11. The molecule has 0 saturated carbocycles. The molecule has 4 heterocycles. The Labute approximate surface area is 209 Å². The van der Waals surface area contributed by atoms with Crippen LogP contribution in [0.4, 0.5) is 5.82 Å². The first-order valence-electron chi connectivity index (χ1n) is 12.3. The van der Waals surface area contributed by atoms with Gasteiger partial charge in [-0.2, -0.15) is 4.68 Å². The number of pyridine rings is 2. The van der Waals surface area contributed by atoms with E-state index in [0.29, 0.717) is 22.9 Å². The number of rotatable bonds is 4. The molecule has 0 bridgehead atoms. The molecule has 3 aromatic heterocycles. The highest BCUT2D eigenvalue weighted by atomic mass is 16.2. The Balaban J connectivity index is 1.43. The van der Waals surface area contributed by atoms with Crippen molar-refractivity contribution in [3.05, 3.63) is 84.2 Å². The lowest BCUT2D eigenvalue weighted by Crippen LogP contribution is -2.53. The highest BCUT2D eigenvalue weighted by Gasteiger charge is 2.34. The van der Waals surface area contributed by atoms with Crippen LogP contribution in [0.2, 0.25) is 0 Å². The highest BCUT2D eigenvalue weighted by molar-refractivity contribution is 6.10. The minimum Gasteiger partial charge on any atom is -0.315 e. The number of carbonyl (C=O) groups is 1. The predicted molar refractivity (Wildman–Crippen MR) is 140 cm³/mol. The number of fused-ring (bicyclic) bond motifs is 2. The second-order valence-electron chi connectivity index (χ2n) is 9.41. The predicted octanol–water partition coefficient (Wildman–Crippen LogP) is 4.32. The monoisotopic (exact) mass is 477 g/mol. The van der Waals surface area contributed by atoms with Crippen molar-refractivity contribution in [1.29, 1.82) is 0 Å². The smallest absolute Gasteiger partial charge is 0.259 e. The number of carbonyl (C=O) groups excluding carboxylic acids is 1. The SMILES string of the molecule is Cc1cccc2ccnc(N(C(=O)c3ccc(-n4nnc5cccnc54)cc3)[C@H]3CNCC[C@@H]3C)c12. The molecule has 8 nitrogen and oxygen atoms in total. The van der Waals surface area contributed by atoms with Crippen molar-refractivity contribution < 1.29 is 4.79 Å². The second kappa shape index (κ2) is 9.13. The van der Waals surface area contributed by atoms with Gasteiger partial charge in [0.25, 0.3) is 5.91 Å². The number of nitrogens with one attached hydrogen (secondary N) is 1. The van der Waals surface area contributed by atoms with Crippen molar-refractivity contribution in [1.82, 2.24) is 30.3 Å². The van der Waals surface area contributed by atoms with Gasteiger partial charge in [-0.05, 0) is 79.2 Å². The molecule has 2 atom stereocenters. The van der Waals surface area contributed by atoms with Gasteiger partial charge in [-0.1, -0.05) is 30.3 Å². The molecule has 180 valence electrons. The first kappa shape index (κ1) is 22.3. The minimum atomic E-state index is -0.0630. The second-order valence-corrected chi connectivity index (χ2v) is 9.41. The van der Waals surface area contributed by atoms with Gasteiger partial charge in [-0.3, -0.25) is 9.69 Å². The summed E-state index contributed by atoms with van der Waals surface area (Å²) in [5.74, 6) is 0.988. The molecule has 0 unspecified atom stereocenters. The van der Waals surface area contributed by atoms with Gasteiger partial charge in [0.1, 0.15) is 11.3 Å². The lowest BCUT2D eigenvalue weighted by atomic mass is 9.92. The van der Waals surface area contributed by atoms with Crippen molar-refractivity contribution in [3.63, 3.8) is 0 Å². The Hall–Kier alpha value is -4.17. The molecule has 1 N–H and O–H groups in total. The highest BCUT2D eigenvalue weighted by Crippen LogP contribution is 2.33. The maximum Gasteiger partial charge on any atom is 0.259 e. The van der Waals surface area contributed by atoms with E-state index in [2.05, 4.69) is 46.6 Å². The normalized spacial score (nSPS) is 17.9. The summed E-state index contributed by atoms with van der Waals surface area (Å²) < 4.78 is 1.68. The summed E-state index contributed by atoms with van der Waals surface area (Å²) in [6.45, 7) is 5.97. The first-order chi connectivity index (χ1) is 17.6. The zero-order chi connectivity index (χ0) is 24.6. The lowest BCUT2D eigenvalue weighted by Gasteiger charge is -2.39. The van der Waals surface area contributed by atoms with Crippen LogP contribution in [0, 0.1) is 12.8 Å². The molecule has 36 heavy (non-hydrogen) atoms. The molecule has 1 aliphatic rings. The van der Waals surface area contributed by atoms with Gasteiger partial charge in [0.05, 0.1) is 11.7 Å². The summed E-state index contributed by atoms with van der Waals surface area (Å²) in [6.07, 6.45) is 4.52. The van der Waals surface area contributed by atoms with Crippen LogP contribution >= 0.6 is 0 Å². The van der Waals surface area contributed by atoms with Crippen LogP contribution in [0.3, 0.4) is 0 Å². The number of benzene rings is 2. The molecule has 6 rings (SSSR count). The van der Waals surface area contributed by atoms with Crippen LogP contribution in [-0.2, 0) is 0 Å². The van der Waals surface area contributed by atoms with E-state index in [1.165, 1.54) is 0 Å². The van der Waals surface area contributed by atoms with E-state index in [1.807, 2.05) is 53.4 Å². The van der Waals surface area contributed by atoms with Crippen molar-refractivity contribution in [2.75, 3.05) is 18.0 Å². The maximum absolute atomic E-state index is 14.2. The lowest BCUT2D eigenvalue weighted by molar-refractivity contribution is 0.0962. The molecular formula is C28H27N7O. The first-order valence-corrected chi connectivity index (χ1v) is 12.3. The number of hydrogen-bond donors (Lipinski definition) is 1. The third-order valence-corrected chi connectivity index (χ3v) is 7.11. The topological polar surface area (TPSA) is 88.8 Å². The van der Waals surface area contributed by atoms with E-state index in [9.17, 15) is 4.79 Å². The van der Waals surface area contributed by atoms with Crippen molar-refractivity contribution >= 4 is 33.7 Å². The molecule has 0 radical (unpaired) electrons. The van der Waals surface area contributed by atoms with E-state index in [-0.39, 0.29) is 11.9 Å². The molecule has 1 fully saturated rings. The Morgan fingerprint density at radius 3 is 2.72 bits per heavy atom. The summed E-state index contributed by atoms with van der Waals surface area (Å²) in [7, 11) is 0. The summed E-state index contributed by atoms with van der Waals surface area (Å²) in [5, 5.41) is 14.0. The molecule has 1 saturated heterocycles. The number of hydrogen-bond acceptors (Lipinski definition) is 6. The molecule has 1 amide bonds. The van der Waals surface area contributed by atoms with Gasteiger partial charge in [-0.15, -0.1) is 5.10 Å². The van der Waals surface area contributed by atoms with Gasteiger partial charge in [0.15, 0.2) is 5.65 Å². The van der Waals surface area contributed by atoms with Crippen LogP contribution in [0.5, 0.6) is 0 Å². The Kier molecular flexibility index (Phi) is 5.65. The van der Waals surface area contributed by atoms with Crippen molar-refractivity contribution in [2.45, 2.75) is 26.3 Å². The molecule has 8 heteroatoms. The summed E-state index contributed by atoms with van der Waals surface area (Å²) >= 11 is 0. The average molecular weight is 478 g/mol. The van der Waals surface area contributed by atoms with Crippen molar-refractivity contribution in [3.8, 4) is 5.69 Å². The van der Waals surface area contributed by atoms with Gasteiger partial charge in [0, 0.05) is 29.9 Å². The molecule has 0 aliphatic carbocycles. The van der Waals surface area contributed by atoms with Crippen LogP contribution in [0.15, 0.2) is 73.1 Å². The van der Waals surface area contributed by atoms with Crippen LogP contribution in [0.25, 0.3) is 27.6 Å². The van der Waals surface area contributed by atoms with Gasteiger partial charge >= 0.3 is 0 Å². The summed E-state index contributed by atoms with van der Waals surface area (Å²) in [6, 6.07) is 19.4. The molecule has 2 aromatic carbocycles.